The largest absolute Gasteiger partial charge is 0.411 e. The van der Waals surface area contributed by atoms with Crippen LogP contribution in [0.3, 0.4) is 0 Å². The molecule has 0 atom stereocenters. The Hall–Kier alpha value is -2.62. The third kappa shape index (κ3) is 3.45. The molecule has 0 bridgehead atoms. The molecule has 0 unspecified atom stereocenters. The lowest BCUT2D eigenvalue weighted by atomic mass is 10.2. The predicted octanol–water partition coefficient (Wildman–Crippen LogP) is 2.71. The van der Waals surface area contributed by atoms with Gasteiger partial charge in [-0.3, -0.25) is 0 Å². The molecule has 0 aliphatic carbocycles. The summed E-state index contributed by atoms with van der Waals surface area (Å²) in [6.45, 7) is 0. The molecular weight excluding hydrogens is 228 g/mol. The first kappa shape index (κ1) is 11.9. The molecule has 4 heteroatoms. The van der Waals surface area contributed by atoms with Gasteiger partial charge in [0.1, 0.15) is 0 Å². The van der Waals surface area contributed by atoms with Crippen molar-refractivity contribution < 1.29 is 9.53 Å². The fourth-order valence-corrected chi connectivity index (χ4v) is 1.43. The third-order valence-corrected chi connectivity index (χ3v) is 2.20. The lowest BCUT2D eigenvalue weighted by Crippen LogP contribution is -2.16. The normalized spacial score (nSPS) is 10.4. The van der Waals surface area contributed by atoms with Crippen molar-refractivity contribution in [3.63, 3.8) is 0 Å². The van der Waals surface area contributed by atoms with E-state index in [0.717, 1.165) is 5.56 Å². The van der Waals surface area contributed by atoms with Gasteiger partial charge in [-0.2, -0.15) is 0 Å². The van der Waals surface area contributed by atoms with Gasteiger partial charge in [0.15, 0.2) is 0 Å². The standard InChI is InChI=1S/C14H12N2O2/c15-14(17)18-13-8-4-7-12(16-13)10-9-11-5-2-1-3-6-11/h1-10H,(H2,15,17). The highest BCUT2D eigenvalue weighted by molar-refractivity contribution is 5.69. The quantitative estimate of drug-likeness (QED) is 0.897. The Morgan fingerprint density at radius 2 is 1.83 bits per heavy atom. The molecule has 0 fully saturated rings. The van der Waals surface area contributed by atoms with Gasteiger partial charge in [-0.25, -0.2) is 9.78 Å². The van der Waals surface area contributed by atoms with Gasteiger partial charge in [-0.1, -0.05) is 42.5 Å². The van der Waals surface area contributed by atoms with E-state index in [1.54, 1.807) is 12.1 Å². The molecule has 0 aliphatic rings. The molecule has 0 saturated heterocycles. The molecule has 1 aromatic carbocycles. The fourth-order valence-electron chi connectivity index (χ4n) is 1.43. The lowest BCUT2D eigenvalue weighted by Gasteiger charge is -2.00. The van der Waals surface area contributed by atoms with Crippen LogP contribution in [-0.4, -0.2) is 11.1 Å². The minimum absolute atomic E-state index is 0.192. The number of benzene rings is 1. The smallest absolute Gasteiger partial charge is 0.391 e. The van der Waals surface area contributed by atoms with Gasteiger partial charge in [0.25, 0.3) is 0 Å². The number of nitrogens with two attached hydrogens (primary N) is 1. The summed E-state index contributed by atoms with van der Waals surface area (Å²) in [5, 5.41) is 0. The van der Waals surface area contributed by atoms with E-state index >= 15 is 0 Å². The van der Waals surface area contributed by atoms with Crippen LogP contribution in [-0.2, 0) is 0 Å². The number of carbonyl (C=O) groups is 1. The number of primary amides is 1. The monoisotopic (exact) mass is 240 g/mol. The van der Waals surface area contributed by atoms with Gasteiger partial charge in [-0.15, -0.1) is 0 Å². The molecule has 90 valence electrons. The van der Waals surface area contributed by atoms with Crippen molar-refractivity contribution in [1.29, 1.82) is 0 Å². The highest BCUT2D eigenvalue weighted by atomic mass is 16.6. The van der Waals surface area contributed by atoms with E-state index in [9.17, 15) is 4.79 Å². The zero-order valence-electron chi connectivity index (χ0n) is 9.61. The van der Waals surface area contributed by atoms with Crippen LogP contribution in [0.4, 0.5) is 4.79 Å². The molecule has 0 aliphatic heterocycles. The Bertz CT molecular complexity index is 565. The number of hydrogen-bond acceptors (Lipinski definition) is 3. The van der Waals surface area contributed by atoms with Gasteiger partial charge in [-0.05, 0) is 17.7 Å². The zero-order valence-corrected chi connectivity index (χ0v) is 9.61. The molecule has 0 spiro atoms. The molecule has 0 saturated carbocycles. The van der Waals surface area contributed by atoms with Crippen molar-refractivity contribution in [1.82, 2.24) is 4.98 Å². The summed E-state index contributed by atoms with van der Waals surface area (Å²) in [5.41, 5.74) is 6.68. The molecule has 1 heterocycles. The van der Waals surface area contributed by atoms with Crippen LogP contribution < -0.4 is 10.5 Å². The van der Waals surface area contributed by atoms with Gasteiger partial charge < -0.3 is 10.5 Å². The van der Waals surface area contributed by atoms with Crippen LogP contribution in [0.25, 0.3) is 12.2 Å². The van der Waals surface area contributed by atoms with E-state index in [1.807, 2.05) is 48.6 Å². The Morgan fingerprint density at radius 1 is 1.06 bits per heavy atom. The van der Waals surface area contributed by atoms with Crippen LogP contribution in [0.5, 0.6) is 5.88 Å². The summed E-state index contributed by atoms with van der Waals surface area (Å²) in [6.07, 6.45) is 2.89. The van der Waals surface area contributed by atoms with Crippen LogP contribution in [0.1, 0.15) is 11.3 Å². The first-order chi connectivity index (χ1) is 8.74. The maximum Gasteiger partial charge on any atom is 0.411 e. The summed E-state index contributed by atoms with van der Waals surface area (Å²) < 4.78 is 4.70. The first-order valence-electron chi connectivity index (χ1n) is 5.41. The minimum atomic E-state index is -0.869. The molecule has 2 aromatic rings. The molecule has 18 heavy (non-hydrogen) atoms. The molecule has 4 nitrogen and oxygen atoms in total. The number of nitrogens with zero attached hydrogens (tertiary/aromatic N) is 1. The van der Waals surface area contributed by atoms with E-state index in [1.165, 1.54) is 0 Å². The molecule has 2 N–H and O–H groups in total. The van der Waals surface area contributed by atoms with Crippen molar-refractivity contribution in [2.24, 2.45) is 5.73 Å². The third-order valence-electron chi connectivity index (χ3n) is 2.20. The van der Waals surface area contributed by atoms with E-state index in [4.69, 9.17) is 10.5 Å². The van der Waals surface area contributed by atoms with E-state index < -0.39 is 6.09 Å². The number of aromatic nitrogens is 1. The Balaban J connectivity index is 2.14. The molecular formula is C14H12N2O2. The predicted molar refractivity (Wildman–Crippen MR) is 69.8 cm³/mol. The van der Waals surface area contributed by atoms with Crippen LogP contribution in [0, 0.1) is 0 Å². The van der Waals surface area contributed by atoms with Gasteiger partial charge in [0.2, 0.25) is 5.88 Å². The molecule has 1 amide bonds. The second kappa shape index (κ2) is 5.63. The average molecular weight is 240 g/mol. The molecule has 2 rings (SSSR count). The number of hydrogen-bond donors (Lipinski definition) is 1. The van der Waals surface area contributed by atoms with Crippen molar-refractivity contribution in [2.75, 3.05) is 0 Å². The van der Waals surface area contributed by atoms with Gasteiger partial charge >= 0.3 is 6.09 Å². The van der Waals surface area contributed by atoms with E-state index in [0.29, 0.717) is 5.69 Å². The van der Waals surface area contributed by atoms with E-state index in [-0.39, 0.29) is 5.88 Å². The minimum Gasteiger partial charge on any atom is -0.391 e. The second-order valence-corrected chi connectivity index (χ2v) is 3.57. The lowest BCUT2D eigenvalue weighted by molar-refractivity contribution is 0.209. The summed E-state index contributed by atoms with van der Waals surface area (Å²) in [7, 11) is 0. The Kier molecular flexibility index (Phi) is 3.71. The van der Waals surface area contributed by atoms with Crippen LogP contribution in [0.2, 0.25) is 0 Å². The van der Waals surface area contributed by atoms with Crippen molar-refractivity contribution in [3.05, 3.63) is 59.8 Å². The highest BCUT2D eigenvalue weighted by Crippen LogP contribution is 2.10. The number of rotatable bonds is 3. The highest BCUT2D eigenvalue weighted by Gasteiger charge is 1.99. The summed E-state index contributed by atoms with van der Waals surface area (Å²) in [5.74, 6) is 0.192. The number of amides is 1. The maximum atomic E-state index is 10.6. The maximum absolute atomic E-state index is 10.6. The zero-order chi connectivity index (χ0) is 12.8. The topological polar surface area (TPSA) is 65.2 Å². The fraction of sp³-hybridized carbons (Fsp3) is 0. The van der Waals surface area contributed by atoms with Crippen LogP contribution >= 0.6 is 0 Å². The SMILES string of the molecule is NC(=O)Oc1cccc(C=Cc2ccccc2)n1. The van der Waals surface area contributed by atoms with Gasteiger partial charge in [0, 0.05) is 6.07 Å². The first-order valence-corrected chi connectivity index (χ1v) is 5.41. The van der Waals surface area contributed by atoms with Crippen molar-refractivity contribution in [3.8, 4) is 5.88 Å². The second-order valence-electron chi connectivity index (χ2n) is 3.57. The summed E-state index contributed by atoms with van der Waals surface area (Å²) >= 11 is 0. The Labute approximate surface area is 105 Å². The molecule has 1 aromatic heterocycles. The van der Waals surface area contributed by atoms with Gasteiger partial charge in [0.05, 0.1) is 5.69 Å². The van der Waals surface area contributed by atoms with Crippen molar-refractivity contribution in [2.45, 2.75) is 0 Å². The Morgan fingerprint density at radius 3 is 2.56 bits per heavy atom. The number of carbonyl (C=O) groups excluding carboxylic acids is 1. The summed E-state index contributed by atoms with van der Waals surface area (Å²) in [4.78, 5) is 14.7. The number of pyridine rings is 1. The van der Waals surface area contributed by atoms with Crippen LogP contribution in [0.15, 0.2) is 48.5 Å². The van der Waals surface area contributed by atoms with Crippen molar-refractivity contribution >= 4 is 18.2 Å². The average Bonchev–Trinajstić information content (AvgIpc) is 2.37. The number of ether oxygens (including phenoxy) is 1. The summed E-state index contributed by atoms with van der Waals surface area (Å²) in [6, 6.07) is 15.0. The van der Waals surface area contributed by atoms with E-state index in [2.05, 4.69) is 4.98 Å². The molecule has 0 radical (unpaired) electrons.